The summed E-state index contributed by atoms with van der Waals surface area (Å²) in [5.74, 6) is 0.827. The molecular formula is C23H28N6. The van der Waals surface area contributed by atoms with Gasteiger partial charge >= 0.3 is 0 Å². The van der Waals surface area contributed by atoms with Crippen LogP contribution < -0.4 is 5.73 Å². The van der Waals surface area contributed by atoms with Gasteiger partial charge in [-0.3, -0.25) is 10.1 Å². The number of benzene rings is 1. The van der Waals surface area contributed by atoms with Crippen LogP contribution in [0.2, 0.25) is 0 Å². The van der Waals surface area contributed by atoms with Crippen molar-refractivity contribution in [1.29, 1.82) is 0 Å². The van der Waals surface area contributed by atoms with Gasteiger partial charge in [0.2, 0.25) is 0 Å². The van der Waals surface area contributed by atoms with Crippen molar-refractivity contribution in [2.45, 2.75) is 46.5 Å². The quantitative estimate of drug-likeness (QED) is 0.439. The number of fused-ring (bicyclic) bond motifs is 1. The van der Waals surface area contributed by atoms with Crippen LogP contribution in [-0.4, -0.2) is 31.7 Å². The maximum atomic E-state index is 5.69. The Bertz CT molecular complexity index is 1120. The lowest BCUT2D eigenvalue weighted by atomic mass is 9.96. The molecule has 6 nitrogen and oxygen atoms in total. The van der Waals surface area contributed by atoms with Gasteiger partial charge in [-0.15, -0.1) is 0 Å². The first kappa shape index (κ1) is 19.3. The normalized spacial score (nSPS) is 11.4. The van der Waals surface area contributed by atoms with E-state index < -0.39 is 0 Å². The van der Waals surface area contributed by atoms with Crippen molar-refractivity contribution in [3.05, 3.63) is 53.1 Å². The maximum absolute atomic E-state index is 5.69. The Kier molecular flexibility index (Phi) is 5.45. The van der Waals surface area contributed by atoms with E-state index in [4.69, 9.17) is 10.7 Å². The van der Waals surface area contributed by atoms with Crippen molar-refractivity contribution in [3.63, 3.8) is 0 Å². The van der Waals surface area contributed by atoms with Gasteiger partial charge in [-0.25, -0.2) is 4.98 Å². The molecule has 0 aliphatic heterocycles. The highest BCUT2D eigenvalue weighted by Crippen LogP contribution is 2.32. The molecule has 1 aromatic carbocycles. The van der Waals surface area contributed by atoms with Gasteiger partial charge in [0.05, 0.1) is 11.2 Å². The molecule has 4 aromatic rings. The Morgan fingerprint density at radius 2 is 1.97 bits per heavy atom. The number of hydrogen-bond acceptors (Lipinski definition) is 4. The minimum Gasteiger partial charge on any atom is -0.340 e. The molecule has 0 fully saturated rings. The van der Waals surface area contributed by atoms with E-state index in [2.05, 4.69) is 59.1 Å². The fourth-order valence-corrected chi connectivity index (χ4v) is 3.91. The van der Waals surface area contributed by atoms with Crippen LogP contribution >= 0.6 is 0 Å². The van der Waals surface area contributed by atoms with E-state index in [1.807, 2.05) is 12.4 Å². The van der Waals surface area contributed by atoms with Gasteiger partial charge < -0.3 is 10.7 Å². The third kappa shape index (κ3) is 3.56. The molecule has 6 heteroatoms. The highest BCUT2D eigenvalue weighted by molar-refractivity contribution is 5.94. The average Bonchev–Trinajstić information content (AvgIpc) is 3.36. The number of nitrogens with two attached hydrogens (primary N) is 1. The van der Waals surface area contributed by atoms with E-state index in [1.165, 1.54) is 16.8 Å². The summed E-state index contributed by atoms with van der Waals surface area (Å²) in [5, 5.41) is 8.76. The first-order chi connectivity index (χ1) is 14.2. The monoisotopic (exact) mass is 388 g/mol. The third-order valence-corrected chi connectivity index (χ3v) is 5.62. The molecule has 3 heterocycles. The maximum Gasteiger partial charge on any atom is 0.159 e. The molecule has 0 amide bonds. The summed E-state index contributed by atoms with van der Waals surface area (Å²) < 4.78 is 0. The lowest BCUT2D eigenvalue weighted by molar-refractivity contribution is 0.824. The number of H-pyrrole nitrogens is 2. The Balaban J connectivity index is 1.80. The van der Waals surface area contributed by atoms with E-state index in [9.17, 15) is 0 Å². The molecule has 0 unspecified atom stereocenters. The number of aromatic nitrogens is 5. The predicted molar refractivity (Wildman–Crippen MR) is 118 cm³/mol. The van der Waals surface area contributed by atoms with Gasteiger partial charge in [-0.1, -0.05) is 19.9 Å². The van der Waals surface area contributed by atoms with Gasteiger partial charge in [-0.05, 0) is 68.0 Å². The second-order valence-electron chi connectivity index (χ2n) is 7.41. The van der Waals surface area contributed by atoms with Gasteiger partial charge in [0.1, 0.15) is 5.69 Å². The van der Waals surface area contributed by atoms with Crippen LogP contribution in [0.15, 0.2) is 30.6 Å². The van der Waals surface area contributed by atoms with Crippen LogP contribution in [0.4, 0.5) is 0 Å². The molecule has 0 bridgehead atoms. The molecule has 29 heavy (non-hydrogen) atoms. The number of aromatic amines is 2. The third-order valence-electron chi connectivity index (χ3n) is 5.62. The molecule has 0 spiro atoms. The topological polar surface area (TPSA) is 96.3 Å². The van der Waals surface area contributed by atoms with Crippen molar-refractivity contribution in [2.24, 2.45) is 5.73 Å². The number of rotatable bonds is 7. The molecule has 0 saturated carbocycles. The molecule has 4 rings (SSSR count). The average molecular weight is 389 g/mol. The lowest BCUT2D eigenvalue weighted by Gasteiger charge is -2.11. The fraction of sp³-hybridized carbons (Fsp3) is 0.348. The smallest absolute Gasteiger partial charge is 0.159 e. The first-order valence-electron chi connectivity index (χ1n) is 10.4. The number of imidazole rings is 1. The standard InChI is InChI=1S/C23H28N6/c1-4-19-20(5-2)27-23(26-19)22-17-11-15(8-9-21(17)28-29-22)18-13-25-12-16(14(18)3)7-6-10-24/h8-9,11-13H,4-7,10,24H2,1-3H3,(H,26,27)(H,28,29). The number of nitrogens with one attached hydrogen (secondary N) is 2. The van der Waals surface area contributed by atoms with Gasteiger partial charge in [-0.2, -0.15) is 5.10 Å². The second-order valence-corrected chi connectivity index (χ2v) is 7.41. The first-order valence-corrected chi connectivity index (χ1v) is 10.4. The Morgan fingerprint density at radius 1 is 1.10 bits per heavy atom. The summed E-state index contributed by atoms with van der Waals surface area (Å²) in [6.45, 7) is 7.13. The SMILES string of the molecule is CCc1nc(-c2n[nH]c3ccc(-c4cncc(CCCN)c4C)cc23)[nH]c1CC. The molecule has 0 atom stereocenters. The summed E-state index contributed by atoms with van der Waals surface area (Å²) in [7, 11) is 0. The summed E-state index contributed by atoms with van der Waals surface area (Å²) in [4.78, 5) is 12.7. The van der Waals surface area contributed by atoms with Gasteiger partial charge in [0.15, 0.2) is 5.82 Å². The minimum atomic E-state index is 0.691. The van der Waals surface area contributed by atoms with Crippen LogP contribution in [0.25, 0.3) is 33.5 Å². The lowest BCUT2D eigenvalue weighted by Crippen LogP contribution is -2.02. The largest absolute Gasteiger partial charge is 0.340 e. The number of aryl methyl sites for hydroxylation is 3. The summed E-state index contributed by atoms with van der Waals surface area (Å²) in [6, 6.07) is 6.39. The van der Waals surface area contributed by atoms with E-state index in [1.54, 1.807) is 0 Å². The Hall–Kier alpha value is -2.99. The molecule has 0 saturated heterocycles. The van der Waals surface area contributed by atoms with E-state index in [0.717, 1.165) is 64.9 Å². The van der Waals surface area contributed by atoms with Gasteiger partial charge in [0.25, 0.3) is 0 Å². The number of nitrogens with zero attached hydrogens (tertiary/aromatic N) is 3. The molecule has 3 aromatic heterocycles. The summed E-state index contributed by atoms with van der Waals surface area (Å²) in [5.41, 5.74) is 14.7. The molecule has 150 valence electrons. The predicted octanol–water partition coefficient (Wildman–Crippen LogP) is 4.34. The van der Waals surface area contributed by atoms with Crippen LogP contribution in [0, 0.1) is 6.92 Å². The highest BCUT2D eigenvalue weighted by Gasteiger charge is 2.16. The summed E-state index contributed by atoms with van der Waals surface area (Å²) >= 11 is 0. The molecule has 4 N–H and O–H groups in total. The van der Waals surface area contributed by atoms with Crippen molar-refractivity contribution in [2.75, 3.05) is 6.54 Å². The Morgan fingerprint density at radius 3 is 2.69 bits per heavy atom. The fourth-order valence-electron chi connectivity index (χ4n) is 3.91. The van der Waals surface area contributed by atoms with Crippen molar-refractivity contribution < 1.29 is 0 Å². The molecule has 0 aliphatic carbocycles. The van der Waals surface area contributed by atoms with Crippen LogP contribution in [0.3, 0.4) is 0 Å². The van der Waals surface area contributed by atoms with E-state index in [-0.39, 0.29) is 0 Å². The zero-order valence-corrected chi connectivity index (χ0v) is 17.3. The number of hydrogen-bond donors (Lipinski definition) is 3. The van der Waals surface area contributed by atoms with Crippen molar-refractivity contribution in [1.82, 2.24) is 25.1 Å². The van der Waals surface area contributed by atoms with Gasteiger partial charge in [0, 0.05) is 29.0 Å². The Labute approximate surface area is 171 Å². The number of pyridine rings is 1. The zero-order chi connectivity index (χ0) is 20.4. The van der Waals surface area contributed by atoms with Crippen LogP contribution in [0.1, 0.15) is 42.8 Å². The molecule has 0 aliphatic rings. The molecular weight excluding hydrogens is 360 g/mol. The minimum absolute atomic E-state index is 0.691. The van der Waals surface area contributed by atoms with Crippen molar-refractivity contribution >= 4 is 10.9 Å². The van der Waals surface area contributed by atoms with Crippen LogP contribution in [-0.2, 0) is 19.3 Å². The summed E-state index contributed by atoms with van der Waals surface area (Å²) in [6.07, 6.45) is 7.67. The van der Waals surface area contributed by atoms with Crippen molar-refractivity contribution in [3.8, 4) is 22.6 Å². The second kappa shape index (κ2) is 8.17. The molecule has 0 radical (unpaired) electrons. The van der Waals surface area contributed by atoms with Crippen LogP contribution in [0.5, 0.6) is 0 Å². The highest BCUT2D eigenvalue weighted by atomic mass is 15.1. The zero-order valence-electron chi connectivity index (χ0n) is 17.3. The van der Waals surface area contributed by atoms with E-state index in [0.29, 0.717) is 6.54 Å². The van der Waals surface area contributed by atoms with E-state index >= 15 is 0 Å².